The second-order valence-corrected chi connectivity index (χ2v) is 10.4. The first-order chi connectivity index (χ1) is 12.1. The van der Waals surface area contributed by atoms with Crippen molar-refractivity contribution in [1.29, 1.82) is 0 Å². The van der Waals surface area contributed by atoms with Gasteiger partial charge in [0.1, 0.15) is 0 Å². The first-order valence-electron chi connectivity index (χ1n) is 12.1. The Labute approximate surface area is 158 Å². The van der Waals surface area contributed by atoms with Crippen LogP contribution in [0.25, 0.3) is 0 Å². The predicted octanol–water partition coefficient (Wildman–Crippen LogP) is 8.25. The van der Waals surface area contributed by atoms with Gasteiger partial charge in [-0.15, -0.1) is 0 Å². The van der Waals surface area contributed by atoms with Crippen LogP contribution in [0, 0.1) is 40.4 Å². The summed E-state index contributed by atoms with van der Waals surface area (Å²) in [4.78, 5) is 0. The molecule has 0 saturated heterocycles. The molecule has 4 saturated carbocycles. The smallest absolute Gasteiger partial charge is 0.0266 e. The summed E-state index contributed by atoms with van der Waals surface area (Å²) in [5, 5.41) is 0. The third kappa shape index (κ3) is 3.23. The molecule has 0 aromatic carbocycles. The van der Waals surface area contributed by atoms with Crippen LogP contribution in [0.1, 0.15) is 118 Å². The van der Waals surface area contributed by atoms with Gasteiger partial charge in [-0.2, -0.15) is 0 Å². The predicted molar refractivity (Wildman–Crippen MR) is 111 cm³/mol. The molecule has 0 aliphatic heterocycles. The minimum absolute atomic E-state index is 0.716. The van der Waals surface area contributed by atoms with Crippen LogP contribution in [0.2, 0.25) is 0 Å². The third-order valence-corrected chi connectivity index (χ3v) is 9.69. The summed E-state index contributed by atoms with van der Waals surface area (Å²) in [7, 11) is 0. The highest BCUT2D eigenvalue weighted by Gasteiger charge is 2.59. The Kier molecular flexibility index (Phi) is 6.27. The average molecular weight is 347 g/mol. The van der Waals surface area contributed by atoms with Crippen molar-refractivity contribution in [2.24, 2.45) is 40.4 Å². The zero-order valence-corrected chi connectivity index (χ0v) is 18.1. The van der Waals surface area contributed by atoms with Crippen LogP contribution in [0.3, 0.4) is 0 Å². The second-order valence-electron chi connectivity index (χ2n) is 10.4. The lowest BCUT2D eigenvalue weighted by Crippen LogP contribution is -2.52. The maximum Gasteiger partial charge on any atom is -0.0266 e. The molecule has 0 aromatic heterocycles. The van der Waals surface area contributed by atoms with E-state index >= 15 is 0 Å². The fourth-order valence-corrected chi connectivity index (χ4v) is 8.33. The largest absolute Gasteiger partial charge is 0.0683 e. The average Bonchev–Trinajstić information content (AvgIpc) is 2.97. The van der Waals surface area contributed by atoms with Crippen molar-refractivity contribution in [3.8, 4) is 0 Å². The van der Waals surface area contributed by atoms with E-state index in [0.717, 1.165) is 35.0 Å². The normalized spacial score (nSPS) is 48.6. The molecule has 7 unspecified atom stereocenters. The molecular formula is C25H46. The van der Waals surface area contributed by atoms with E-state index in [-0.39, 0.29) is 0 Å². The van der Waals surface area contributed by atoms with E-state index in [1.165, 1.54) is 32.1 Å². The lowest BCUT2D eigenvalue weighted by Gasteiger charge is -2.60. The minimum atomic E-state index is 0.716. The Morgan fingerprint density at radius 3 is 2.28 bits per heavy atom. The molecule has 0 N–H and O–H groups in total. The molecule has 0 heterocycles. The fraction of sp³-hybridized carbons (Fsp3) is 1.00. The first kappa shape index (κ1) is 19.8. The zero-order chi connectivity index (χ0) is 18.1. The molecule has 0 aromatic rings. The maximum atomic E-state index is 2.72. The molecule has 0 heteroatoms. The van der Waals surface area contributed by atoms with Crippen molar-refractivity contribution in [3.05, 3.63) is 0 Å². The Bertz CT molecular complexity index is 426. The van der Waals surface area contributed by atoms with Gasteiger partial charge in [-0.1, -0.05) is 60.3 Å². The number of hydrogen-bond acceptors (Lipinski definition) is 0. The molecular weight excluding hydrogens is 300 g/mol. The monoisotopic (exact) mass is 346 g/mol. The highest BCUT2D eigenvalue weighted by molar-refractivity contribution is 5.08. The van der Waals surface area contributed by atoms with Crippen LogP contribution in [-0.4, -0.2) is 0 Å². The molecule has 4 fully saturated rings. The van der Waals surface area contributed by atoms with Crippen molar-refractivity contribution in [1.82, 2.24) is 0 Å². The summed E-state index contributed by atoms with van der Waals surface area (Å²) in [6.45, 7) is 11.8. The molecule has 146 valence electrons. The van der Waals surface area contributed by atoms with Gasteiger partial charge in [-0.05, 0) is 98.2 Å². The quantitative estimate of drug-likeness (QED) is 0.482. The van der Waals surface area contributed by atoms with Gasteiger partial charge in [0.05, 0.1) is 0 Å². The van der Waals surface area contributed by atoms with E-state index in [9.17, 15) is 0 Å². The van der Waals surface area contributed by atoms with Gasteiger partial charge >= 0.3 is 0 Å². The summed E-state index contributed by atoms with van der Waals surface area (Å²) < 4.78 is 0. The van der Waals surface area contributed by atoms with Crippen molar-refractivity contribution >= 4 is 0 Å². The minimum Gasteiger partial charge on any atom is -0.0683 e. The molecule has 0 nitrogen and oxygen atoms in total. The van der Waals surface area contributed by atoms with Crippen LogP contribution < -0.4 is 0 Å². The van der Waals surface area contributed by atoms with Crippen molar-refractivity contribution in [2.75, 3.05) is 0 Å². The van der Waals surface area contributed by atoms with E-state index in [1.807, 2.05) is 13.8 Å². The SMILES string of the molecule is CC.CCCCC1CCC2C3CCC4CCCCC4(C)C3CCC12C. The standard InChI is InChI=1S/C23H40.C2H6/c1-4-5-8-17-11-13-20-19-12-10-18-9-6-7-15-22(18,2)21(19)14-16-23(17,20)3;1-2/h17-21H,4-16H2,1-3H3;1-2H3. The van der Waals surface area contributed by atoms with Gasteiger partial charge in [-0.25, -0.2) is 0 Å². The number of unbranched alkanes of at least 4 members (excludes halogenated alkanes) is 1. The van der Waals surface area contributed by atoms with Crippen molar-refractivity contribution < 1.29 is 0 Å². The highest BCUT2D eigenvalue weighted by atomic mass is 14.6. The van der Waals surface area contributed by atoms with E-state index in [1.54, 1.807) is 51.4 Å². The van der Waals surface area contributed by atoms with Gasteiger partial charge in [-0.3, -0.25) is 0 Å². The zero-order valence-electron chi connectivity index (χ0n) is 18.1. The topological polar surface area (TPSA) is 0 Å². The number of fused-ring (bicyclic) bond motifs is 5. The Balaban J connectivity index is 0.000000880. The Morgan fingerprint density at radius 1 is 0.760 bits per heavy atom. The van der Waals surface area contributed by atoms with E-state index in [4.69, 9.17) is 0 Å². The van der Waals surface area contributed by atoms with Crippen LogP contribution >= 0.6 is 0 Å². The summed E-state index contributed by atoms with van der Waals surface area (Å²) in [5.41, 5.74) is 1.44. The van der Waals surface area contributed by atoms with Crippen molar-refractivity contribution in [3.63, 3.8) is 0 Å². The number of hydrogen-bond donors (Lipinski definition) is 0. The molecule has 0 spiro atoms. The molecule has 4 rings (SSSR count). The maximum absolute atomic E-state index is 2.72. The molecule has 7 atom stereocenters. The molecule has 0 bridgehead atoms. The highest BCUT2D eigenvalue weighted by Crippen LogP contribution is 2.67. The van der Waals surface area contributed by atoms with Gasteiger partial charge in [0, 0.05) is 0 Å². The molecule has 4 aliphatic carbocycles. The molecule has 0 radical (unpaired) electrons. The van der Waals surface area contributed by atoms with E-state index in [0.29, 0.717) is 5.41 Å². The number of rotatable bonds is 3. The lowest BCUT2D eigenvalue weighted by molar-refractivity contribution is -0.111. The fourth-order valence-electron chi connectivity index (χ4n) is 8.33. The molecule has 25 heavy (non-hydrogen) atoms. The van der Waals surface area contributed by atoms with Gasteiger partial charge in [0.25, 0.3) is 0 Å². The summed E-state index contributed by atoms with van der Waals surface area (Å²) in [6, 6.07) is 0. The van der Waals surface area contributed by atoms with Gasteiger partial charge in [0.15, 0.2) is 0 Å². The lowest BCUT2D eigenvalue weighted by atomic mass is 9.45. The second kappa shape index (κ2) is 7.93. The molecule has 0 amide bonds. The molecule has 4 aliphatic rings. The van der Waals surface area contributed by atoms with E-state index < -0.39 is 0 Å². The van der Waals surface area contributed by atoms with Crippen LogP contribution in [-0.2, 0) is 0 Å². The summed E-state index contributed by atoms with van der Waals surface area (Å²) >= 11 is 0. The first-order valence-corrected chi connectivity index (χ1v) is 12.1. The third-order valence-electron chi connectivity index (χ3n) is 9.69. The van der Waals surface area contributed by atoms with Crippen LogP contribution in [0.4, 0.5) is 0 Å². The van der Waals surface area contributed by atoms with Crippen molar-refractivity contribution in [2.45, 2.75) is 118 Å². The van der Waals surface area contributed by atoms with Crippen LogP contribution in [0.5, 0.6) is 0 Å². The Hall–Kier alpha value is 0. The summed E-state index contributed by atoms with van der Waals surface area (Å²) in [6.07, 6.45) is 20.0. The van der Waals surface area contributed by atoms with E-state index in [2.05, 4.69) is 20.8 Å². The summed E-state index contributed by atoms with van der Waals surface area (Å²) in [5.74, 6) is 5.41. The Morgan fingerprint density at radius 2 is 1.52 bits per heavy atom. The van der Waals surface area contributed by atoms with Gasteiger partial charge in [0.2, 0.25) is 0 Å². The van der Waals surface area contributed by atoms with Gasteiger partial charge < -0.3 is 0 Å². The van der Waals surface area contributed by atoms with Crippen LogP contribution in [0.15, 0.2) is 0 Å².